The minimum Gasteiger partial charge on any atom is -0.494 e. The number of aromatic nitrogens is 1. The Labute approximate surface area is 154 Å². The summed E-state index contributed by atoms with van der Waals surface area (Å²) in [6.45, 7) is 2.60. The molecule has 1 fully saturated rings. The van der Waals surface area contributed by atoms with E-state index in [-0.39, 0.29) is 18.1 Å². The third-order valence-electron chi connectivity index (χ3n) is 4.56. The highest BCUT2D eigenvalue weighted by Crippen LogP contribution is 2.23. The van der Waals surface area contributed by atoms with Crippen molar-refractivity contribution in [2.45, 2.75) is 51.2 Å². The molecule has 1 heterocycles. The van der Waals surface area contributed by atoms with E-state index in [4.69, 9.17) is 9.47 Å². The number of carbonyl (C=O) groups is 1. The molecule has 1 N–H and O–H groups in total. The van der Waals surface area contributed by atoms with Gasteiger partial charge in [-0.1, -0.05) is 18.2 Å². The Kier molecular flexibility index (Phi) is 6.47. The lowest BCUT2D eigenvalue weighted by atomic mass is 9.92. The van der Waals surface area contributed by atoms with E-state index in [2.05, 4.69) is 10.3 Å². The second-order valence-electron chi connectivity index (χ2n) is 6.58. The molecule has 0 unspecified atom stereocenters. The van der Waals surface area contributed by atoms with Gasteiger partial charge in [-0.15, -0.1) is 0 Å². The van der Waals surface area contributed by atoms with Crippen molar-refractivity contribution in [1.29, 1.82) is 0 Å². The van der Waals surface area contributed by atoms with Gasteiger partial charge in [0.15, 0.2) is 0 Å². The van der Waals surface area contributed by atoms with Crippen molar-refractivity contribution in [3.05, 3.63) is 54.2 Å². The third-order valence-corrected chi connectivity index (χ3v) is 4.56. The molecule has 138 valence electrons. The molecule has 3 rings (SSSR count). The first kappa shape index (κ1) is 18.2. The standard InChI is InChI=1S/C21H26N2O3/c1-2-25-18-10-6-16(7-11-18)15-20(24)23-17-8-12-19(13-9-17)26-21-5-3-4-14-22-21/h3-7,10-11,14,17,19H,2,8-9,12-13,15H2,1H3,(H,23,24). The van der Waals surface area contributed by atoms with Crippen LogP contribution in [0.1, 0.15) is 38.2 Å². The zero-order valence-corrected chi connectivity index (χ0v) is 15.2. The third kappa shape index (κ3) is 5.48. The van der Waals surface area contributed by atoms with Crippen molar-refractivity contribution in [3.63, 3.8) is 0 Å². The Morgan fingerprint density at radius 3 is 2.54 bits per heavy atom. The number of nitrogens with one attached hydrogen (secondary N) is 1. The van der Waals surface area contributed by atoms with Crippen LogP contribution in [0.15, 0.2) is 48.7 Å². The lowest BCUT2D eigenvalue weighted by Gasteiger charge is -2.29. The summed E-state index contributed by atoms with van der Waals surface area (Å²) in [5, 5.41) is 3.15. The summed E-state index contributed by atoms with van der Waals surface area (Å²) in [6.07, 6.45) is 6.07. The summed E-state index contributed by atoms with van der Waals surface area (Å²) in [5.41, 5.74) is 0.998. The molecule has 1 aliphatic rings. The molecule has 0 radical (unpaired) electrons. The van der Waals surface area contributed by atoms with Crippen LogP contribution in [0, 0.1) is 0 Å². The molecule has 1 amide bonds. The van der Waals surface area contributed by atoms with Gasteiger partial charge in [-0.3, -0.25) is 4.79 Å². The van der Waals surface area contributed by atoms with Gasteiger partial charge in [0.2, 0.25) is 11.8 Å². The largest absolute Gasteiger partial charge is 0.494 e. The molecular weight excluding hydrogens is 328 g/mol. The molecule has 1 aromatic carbocycles. The van der Waals surface area contributed by atoms with Crippen LogP contribution in [-0.4, -0.2) is 29.6 Å². The van der Waals surface area contributed by atoms with Gasteiger partial charge in [0, 0.05) is 18.3 Å². The van der Waals surface area contributed by atoms with Crippen LogP contribution in [0.3, 0.4) is 0 Å². The van der Waals surface area contributed by atoms with Crippen molar-refractivity contribution in [2.75, 3.05) is 6.61 Å². The fourth-order valence-corrected chi connectivity index (χ4v) is 3.25. The maximum Gasteiger partial charge on any atom is 0.224 e. The van der Waals surface area contributed by atoms with Gasteiger partial charge in [0.05, 0.1) is 13.0 Å². The first-order chi connectivity index (χ1) is 12.7. The molecule has 26 heavy (non-hydrogen) atoms. The maximum atomic E-state index is 12.3. The van der Waals surface area contributed by atoms with Crippen LogP contribution in [0.4, 0.5) is 0 Å². The molecule has 5 heteroatoms. The van der Waals surface area contributed by atoms with E-state index in [1.807, 2.05) is 49.4 Å². The summed E-state index contributed by atoms with van der Waals surface area (Å²) < 4.78 is 11.3. The van der Waals surface area contributed by atoms with Gasteiger partial charge >= 0.3 is 0 Å². The van der Waals surface area contributed by atoms with Crippen LogP contribution in [-0.2, 0) is 11.2 Å². The molecule has 2 aromatic rings. The van der Waals surface area contributed by atoms with E-state index >= 15 is 0 Å². The summed E-state index contributed by atoms with van der Waals surface area (Å²) >= 11 is 0. The minimum atomic E-state index is 0.0725. The number of carbonyl (C=O) groups excluding carboxylic acids is 1. The van der Waals surface area contributed by atoms with Gasteiger partial charge in [-0.2, -0.15) is 0 Å². The van der Waals surface area contributed by atoms with E-state index in [9.17, 15) is 4.79 Å². The number of amides is 1. The molecule has 1 aliphatic carbocycles. The number of hydrogen-bond acceptors (Lipinski definition) is 4. The summed E-state index contributed by atoms with van der Waals surface area (Å²) in [6, 6.07) is 13.6. The van der Waals surface area contributed by atoms with E-state index in [0.29, 0.717) is 18.9 Å². The smallest absolute Gasteiger partial charge is 0.224 e. The predicted octanol–water partition coefficient (Wildman–Crippen LogP) is 3.53. The van der Waals surface area contributed by atoms with Gasteiger partial charge in [-0.05, 0) is 56.4 Å². The second-order valence-corrected chi connectivity index (χ2v) is 6.58. The molecule has 0 bridgehead atoms. The Balaban J connectivity index is 1.40. The normalized spacial score (nSPS) is 19.6. The summed E-state index contributed by atoms with van der Waals surface area (Å²) in [5.74, 6) is 1.58. The van der Waals surface area contributed by atoms with Crippen LogP contribution in [0.25, 0.3) is 0 Å². The number of nitrogens with zero attached hydrogens (tertiary/aromatic N) is 1. The molecule has 0 aliphatic heterocycles. The quantitative estimate of drug-likeness (QED) is 0.826. The zero-order chi connectivity index (χ0) is 18.2. The predicted molar refractivity (Wildman–Crippen MR) is 100 cm³/mol. The van der Waals surface area contributed by atoms with Crippen molar-refractivity contribution < 1.29 is 14.3 Å². The average Bonchev–Trinajstić information content (AvgIpc) is 2.66. The molecule has 0 atom stereocenters. The molecule has 0 spiro atoms. The number of pyridine rings is 1. The van der Waals surface area contributed by atoms with Crippen LogP contribution in [0.5, 0.6) is 11.6 Å². The SMILES string of the molecule is CCOc1ccc(CC(=O)NC2CCC(Oc3ccccn3)CC2)cc1. The van der Waals surface area contributed by atoms with Crippen molar-refractivity contribution in [3.8, 4) is 11.6 Å². The van der Waals surface area contributed by atoms with E-state index in [0.717, 1.165) is 37.0 Å². The first-order valence-electron chi connectivity index (χ1n) is 9.31. The summed E-state index contributed by atoms with van der Waals surface area (Å²) in [7, 11) is 0. The molecule has 1 aromatic heterocycles. The zero-order valence-electron chi connectivity index (χ0n) is 15.2. The maximum absolute atomic E-state index is 12.3. The second kappa shape index (κ2) is 9.22. The number of hydrogen-bond donors (Lipinski definition) is 1. The molecule has 1 saturated carbocycles. The Morgan fingerprint density at radius 1 is 1.12 bits per heavy atom. The molecule has 0 saturated heterocycles. The lowest BCUT2D eigenvalue weighted by molar-refractivity contribution is -0.121. The number of ether oxygens (including phenoxy) is 2. The number of rotatable bonds is 7. The highest BCUT2D eigenvalue weighted by Gasteiger charge is 2.23. The summed E-state index contributed by atoms with van der Waals surface area (Å²) in [4.78, 5) is 16.5. The van der Waals surface area contributed by atoms with E-state index in [1.54, 1.807) is 6.20 Å². The lowest BCUT2D eigenvalue weighted by Crippen LogP contribution is -2.40. The van der Waals surface area contributed by atoms with Crippen molar-refractivity contribution >= 4 is 5.91 Å². The van der Waals surface area contributed by atoms with Crippen molar-refractivity contribution in [1.82, 2.24) is 10.3 Å². The van der Waals surface area contributed by atoms with Crippen molar-refractivity contribution in [2.24, 2.45) is 0 Å². The first-order valence-corrected chi connectivity index (χ1v) is 9.31. The van der Waals surface area contributed by atoms with Gasteiger partial charge in [0.1, 0.15) is 11.9 Å². The Bertz CT molecular complexity index is 680. The average molecular weight is 354 g/mol. The number of benzene rings is 1. The van der Waals surface area contributed by atoms with E-state index < -0.39 is 0 Å². The Morgan fingerprint density at radius 2 is 1.88 bits per heavy atom. The fraction of sp³-hybridized carbons (Fsp3) is 0.429. The van der Waals surface area contributed by atoms with Gasteiger partial charge < -0.3 is 14.8 Å². The van der Waals surface area contributed by atoms with Crippen LogP contribution < -0.4 is 14.8 Å². The van der Waals surface area contributed by atoms with Gasteiger partial charge in [0.25, 0.3) is 0 Å². The Hall–Kier alpha value is -2.56. The van der Waals surface area contributed by atoms with Gasteiger partial charge in [-0.25, -0.2) is 4.98 Å². The van der Waals surface area contributed by atoms with Crippen LogP contribution in [0.2, 0.25) is 0 Å². The van der Waals surface area contributed by atoms with E-state index in [1.165, 1.54) is 0 Å². The highest BCUT2D eigenvalue weighted by molar-refractivity contribution is 5.78. The monoisotopic (exact) mass is 354 g/mol. The topological polar surface area (TPSA) is 60.5 Å². The highest BCUT2D eigenvalue weighted by atomic mass is 16.5. The molecule has 5 nitrogen and oxygen atoms in total. The molecular formula is C21H26N2O3. The van der Waals surface area contributed by atoms with Crippen LogP contribution >= 0.6 is 0 Å². The fourth-order valence-electron chi connectivity index (χ4n) is 3.25. The minimum absolute atomic E-state index is 0.0725.